The summed E-state index contributed by atoms with van der Waals surface area (Å²) in [4.78, 5) is 38.4. The number of hydrogen-bond acceptors (Lipinski definition) is 10. The molecule has 0 saturated heterocycles. The van der Waals surface area contributed by atoms with Crippen LogP contribution in [0.25, 0.3) is 11.1 Å². The molecule has 12 nitrogen and oxygen atoms in total. The lowest BCUT2D eigenvalue weighted by Crippen LogP contribution is -2.26. The van der Waals surface area contributed by atoms with Crippen LogP contribution < -0.4 is 49.8 Å². The molecule has 0 bridgehead atoms. The second-order valence-electron chi connectivity index (χ2n) is 10.6. The molecule has 0 radical (unpaired) electrons. The summed E-state index contributed by atoms with van der Waals surface area (Å²) in [5, 5.41) is 9.03. The van der Waals surface area contributed by atoms with E-state index < -0.39 is 6.04 Å². The van der Waals surface area contributed by atoms with Gasteiger partial charge in [0.05, 0.1) is 54.4 Å². The Labute approximate surface area is 268 Å². The summed E-state index contributed by atoms with van der Waals surface area (Å²) in [5.41, 5.74) is 3.73. The van der Waals surface area contributed by atoms with Gasteiger partial charge >= 0.3 is 0 Å². The second-order valence-corrected chi connectivity index (χ2v) is 10.6. The number of benzene rings is 2. The predicted molar refractivity (Wildman–Crippen MR) is 175 cm³/mol. The van der Waals surface area contributed by atoms with Crippen molar-refractivity contribution in [3.8, 4) is 45.6 Å². The Morgan fingerprint density at radius 1 is 0.804 bits per heavy atom. The van der Waals surface area contributed by atoms with Crippen LogP contribution in [0.1, 0.15) is 43.4 Å². The highest BCUT2D eigenvalue weighted by atomic mass is 16.5. The normalized spacial score (nSPS) is 13.2. The molecule has 1 aliphatic rings. The molecule has 4 rings (SSSR count). The number of fused-ring (bicyclic) bond motifs is 3. The minimum absolute atomic E-state index is 0.199. The van der Waals surface area contributed by atoms with E-state index in [4.69, 9.17) is 28.4 Å². The Hall–Kier alpha value is -5.13. The third-order valence-corrected chi connectivity index (χ3v) is 7.76. The van der Waals surface area contributed by atoms with Crippen molar-refractivity contribution in [1.82, 2.24) is 5.32 Å². The van der Waals surface area contributed by atoms with Crippen molar-refractivity contribution in [3.63, 3.8) is 0 Å². The van der Waals surface area contributed by atoms with Gasteiger partial charge in [-0.15, -0.1) is 0 Å². The number of nitrogens with one attached hydrogen (secondary N) is 3. The molecule has 1 unspecified atom stereocenters. The molecule has 0 spiro atoms. The van der Waals surface area contributed by atoms with Crippen molar-refractivity contribution < 1.29 is 38.0 Å². The zero-order valence-electron chi connectivity index (χ0n) is 27.3. The van der Waals surface area contributed by atoms with Crippen LogP contribution in [0.5, 0.6) is 34.5 Å². The maximum Gasteiger partial charge on any atom is 0.224 e. The van der Waals surface area contributed by atoms with Crippen molar-refractivity contribution >= 4 is 23.2 Å². The van der Waals surface area contributed by atoms with Crippen LogP contribution in [0.2, 0.25) is 0 Å². The van der Waals surface area contributed by atoms with Crippen LogP contribution >= 0.6 is 0 Å². The summed E-state index contributed by atoms with van der Waals surface area (Å²) >= 11 is 0. The van der Waals surface area contributed by atoms with Gasteiger partial charge in [-0.1, -0.05) is 6.07 Å². The van der Waals surface area contributed by atoms with E-state index in [1.54, 1.807) is 38.5 Å². The zero-order valence-corrected chi connectivity index (χ0v) is 27.3. The highest BCUT2D eigenvalue weighted by molar-refractivity contribution is 5.91. The summed E-state index contributed by atoms with van der Waals surface area (Å²) in [6.45, 7) is 1.82. The lowest BCUT2D eigenvalue weighted by molar-refractivity contribution is -0.119. The van der Waals surface area contributed by atoms with Gasteiger partial charge in [-0.25, -0.2) is 0 Å². The van der Waals surface area contributed by atoms with E-state index in [9.17, 15) is 14.4 Å². The third kappa shape index (κ3) is 7.22. The third-order valence-electron chi connectivity index (χ3n) is 7.76. The molecule has 46 heavy (non-hydrogen) atoms. The molecule has 2 amide bonds. The lowest BCUT2D eigenvalue weighted by atomic mass is 9.95. The van der Waals surface area contributed by atoms with Crippen molar-refractivity contribution in [2.75, 3.05) is 59.8 Å². The molecule has 3 aromatic carbocycles. The fourth-order valence-corrected chi connectivity index (χ4v) is 5.70. The summed E-state index contributed by atoms with van der Waals surface area (Å²) < 4.78 is 33.1. The molecule has 1 atom stereocenters. The number of methoxy groups -OCH3 is 6. The van der Waals surface area contributed by atoms with Crippen molar-refractivity contribution in [2.45, 2.75) is 38.6 Å². The van der Waals surface area contributed by atoms with Crippen molar-refractivity contribution in [1.29, 1.82) is 0 Å². The Kier molecular flexibility index (Phi) is 11.2. The molecule has 3 aromatic rings. The number of anilines is 2. The molecule has 0 fully saturated rings. The summed E-state index contributed by atoms with van der Waals surface area (Å²) in [6, 6.07) is 9.93. The molecule has 0 aromatic heterocycles. The SMILES string of the molecule is COc1cc(NC(=O)CCCNc2ccc3c(cc2=O)C(NC(C)=O)CCc2cc(OC)c(OC)c(OC)c2-3)cc(OC)c1OC. The highest BCUT2D eigenvalue weighted by Crippen LogP contribution is 2.50. The number of carbonyl (C=O) groups is 2. The van der Waals surface area contributed by atoms with Gasteiger partial charge in [-0.05, 0) is 54.2 Å². The monoisotopic (exact) mass is 635 g/mol. The van der Waals surface area contributed by atoms with Gasteiger partial charge in [0, 0.05) is 43.3 Å². The standard InChI is InChI=1S/C34H41N3O9/c1-19(38)36-24-12-10-20-15-27(41-2)33(45-6)34(46-7)31(20)22-11-13-25(26(39)18-23(22)24)35-14-8-9-30(40)37-21-16-28(42-3)32(44-5)29(17-21)43-4/h11,13,15-18,24H,8-10,12,14H2,1-7H3,(H,35,39)(H,36,38)(H,37,40). The first-order valence-corrected chi connectivity index (χ1v) is 14.8. The molecule has 12 heteroatoms. The largest absolute Gasteiger partial charge is 0.493 e. The molecule has 1 aliphatic carbocycles. The number of amides is 2. The van der Waals surface area contributed by atoms with E-state index in [-0.39, 0.29) is 23.7 Å². The Balaban J connectivity index is 1.58. The minimum atomic E-state index is -0.409. The fraction of sp³-hybridized carbons (Fsp3) is 0.382. The lowest BCUT2D eigenvalue weighted by Gasteiger charge is -2.19. The molecular formula is C34H41N3O9. The quantitative estimate of drug-likeness (QED) is 0.226. The molecule has 0 saturated carbocycles. The topological polar surface area (TPSA) is 143 Å². The fourth-order valence-electron chi connectivity index (χ4n) is 5.70. The first kappa shape index (κ1) is 33.8. The van der Waals surface area contributed by atoms with Gasteiger partial charge in [-0.2, -0.15) is 0 Å². The average molecular weight is 636 g/mol. The summed E-state index contributed by atoms with van der Waals surface area (Å²) in [7, 11) is 9.17. The molecular weight excluding hydrogens is 594 g/mol. The van der Waals surface area contributed by atoms with E-state index in [1.807, 2.05) is 12.1 Å². The molecule has 3 N–H and O–H groups in total. The average Bonchev–Trinajstić information content (AvgIpc) is 3.29. The zero-order chi connectivity index (χ0) is 33.4. The van der Waals surface area contributed by atoms with Crippen molar-refractivity contribution in [2.24, 2.45) is 0 Å². The highest BCUT2D eigenvalue weighted by Gasteiger charge is 2.29. The molecule has 0 aliphatic heterocycles. The number of aryl methyl sites for hydroxylation is 1. The van der Waals surface area contributed by atoms with Gasteiger partial charge < -0.3 is 44.4 Å². The minimum Gasteiger partial charge on any atom is -0.493 e. The van der Waals surface area contributed by atoms with Crippen LogP contribution in [0, 0.1) is 0 Å². The maximum atomic E-state index is 13.5. The smallest absolute Gasteiger partial charge is 0.224 e. The van der Waals surface area contributed by atoms with Gasteiger partial charge in [0.15, 0.2) is 23.0 Å². The summed E-state index contributed by atoms with van der Waals surface area (Å²) in [5.74, 6) is 2.31. The number of hydrogen-bond donors (Lipinski definition) is 3. The molecule has 0 heterocycles. The number of carbonyl (C=O) groups excluding carboxylic acids is 2. The Morgan fingerprint density at radius 3 is 2.02 bits per heavy atom. The van der Waals surface area contributed by atoms with E-state index in [0.29, 0.717) is 77.2 Å². The van der Waals surface area contributed by atoms with Crippen LogP contribution in [-0.2, 0) is 16.0 Å². The van der Waals surface area contributed by atoms with Crippen molar-refractivity contribution in [3.05, 3.63) is 57.7 Å². The second kappa shape index (κ2) is 15.2. The van der Waals surface area contributed by atoms with Crippen LogP contribution in [0.15, 0.2) is 41.2 Å². The maximum absolute atomic E-state index is 13.5. The van der Waals surface area contributed by atoms with E-state index >= 15 is 0 Å². The first-order chi connectivity index (χ1) is 22.2. The molecule has 246 valence electrons. The van der Waals surface area contributed by atoms with Gasteiger partial charge in [-0.3, -0.25) is 14.4 Å². The van der Waals surface area contributed by atoms with Gasteiger partial charge in [0.25, 0.3) is 0 Å². The van der Waals surface area contributed by atoms with Crippen LogP contribution in [0.3, 0.4) is 0 Å². The van der Waals surface area contributed by atoms with Gasteiger partial charge in [0.1, 0.15) is 0 Å². The van der Waals surface area contributed by atoms with E-state index in [1.165, 1.54) is 35.4 Å². The van der Waals surface area contributed by atoms with Crippen LogP contribution in [0.4, 0.5) is 11.4 Å². The number of rotatable bonds is 13. The Morgan fingerprint density at radius 2 is 1.43 bits per heavy atom. The Bertz CT molecular complexity index is 1630. The summed E-state index contributed by atoms with van der Waals surface area (Å²) in [6.07, 6.45) is 1.82. The first-order valence-electron chi connectivity index (χ1n) is 14.8. The van der Waals surface area contributed by atoms with E-state index in [0.717, 1.165) is 16.7 Å². The predicted octanol–water partition coefficient (Wildman–Crippen LogP) is 4.72. The van der Waals surface area contributed by atoms with Gasteiger partial charge in [0.2, 0.25) is 28.7 Å². The van der Waals surface area contributed by atoms with Crippen LogP contribution in [-0.4, -0.2) is 61.0 Å². The van der Waals surface area contributed by atoms with E-state index in [2.05, 4.69) is 16.0 Å². The number of ether oxygens (including phenoxy) is 6.